The van der Waals surface area contributed by atoms with E-state index >= 15 is 0 Å². The number of hydrogen-bond acceptors (Lipinski definition) is 3. The van der Waals surface area contributed by atoms with Gasteiger partial charge in [0.05, 0.1) is 5.69 Å². The summed E-state index contributed by atoms with van der Waals surface area (Å²) in [6, 6.07) is 12.2. The van der Waals surface area contributed by atoms with Crippen LogP contribution in [-0.2, 0) is 24.1 Å². The number of benzene rings is 2. The predicted molar refractivity (Wildman–Crippen MR) is 136 cm³/mol. The molecular weight excluding hydrogens is 455 g/mol. The molecule has 0 spiro atoms. The summed E-state index contributed by atoms with van der Waals surface area (Å²) >= 11 is 6.24. The Morgan fingerprint density at radius 2 is 1.76 bits per heavy atom. The van der Waals surface area contributed by atoms with E-state index in [1.165, 1.54) is 16.7 Å². The lowest BCUT2D eigenvalue weighted by atomic mass is 9.78. The molecule has 2 aromatic rings. The van der Waals surface area contributed by atoms with Crippen LogP contribution in [0.25, 0.3) is 0 Å². The van der Waals surface area contributed by atoms with Gasteiger partial charge in [-0.1, -0.05) is 29.8 Å². The van der Waals surface area contributed by atoms with E-state index < -0.39 is 0 Å². The molecule has 4 nitrogen and oxygen atoms in total. The topological polar surface area (TPSA) is 49.4 Å². The Kier molecular flexibility index (Phi) is 7.78. The van der Waals surface area contributed by atoms with E-state index in [0.717, 1.165) is 80.9 Å². The van der Waals surface area contributed by atoms with Gasteiger partial charge < -0.3 is 10.2 Å². The normalized spacial score (nSPS) is 21.5. The van der Waals surface area contributed by atoms with Crippen LogP contribution in [0.1, 0.15) is 59.2 Å². The molecule has 2 aliphatic heterocycles. The summed E-state index contributed by atoms with van der Waals surface area (Å²) in [4.78, 5) is 27.3. The highest BCUT2D eigenvalue weighted by atomic mass is 35.5. The second-order valence-corrected chi connectivity index (χ2v) is 9.97. The van der Waals surface area contributed by atoms with E-state index in [1.54, 1.807) is 0 Å². The van der Waals surface area contributed by atoms with Crippen molar-refractivity contribution in [3.63, 3.8) is 0 Å². The summed E-state index contributed by atoms with van der Waals surface area (Å²) in [5.41, 5.74) is 5.55. The maximum Gasteiger partial charge on any atom is 0.227 e. The number of rotatable bonds is 7. The molecule has 33 heavy (non-hydrogen) atoms. The molecule has 0 radical (unpaired) electrons. The zero-order valence-corrected chi connectivity index (χ0v) is 20.5. The lowest BCUT2D eigenvalue weighted by Crippen LogP contribution is -2.33. The van der Waals surface area contributed by atoms with Crippen molar-refractivity contribution in [2.24, 2.45) is 11.8 Å². The van der Waals surface area contributed by atoms with Crippen molar-refractivity contribution in [1.82, 2.24) is 5.32 Å². The van der Waals surface area contributed by atoms with Crippen LogP contribution in [-0.4, -0.2) is 31.3 Å². The molecule has 1 amide bonds. The first-order valence-corrected chi connectivity index (χ1v) is 12.4. The molecule has 0 atom stereocenters. The van der Waals surface area contributed by atoms with Gasteiger partial charge in [-0.2, -0.15) is 0 Å². The molecule has 0 saturated heterocycles. The molecule has 1 fully saturated rings. The van der Waals surface area contributed by atoms with Crippen molar-refractivity contribution in [3.8, 4) is 0 Å². The van der Waals surface area contributed by atoms with Gasteiger partial charge in [0, 0.05) is 29.5 Å². The van der Waals surface area contributed by atoms with Crippen LogP contribution in [0.15, 0.2) is 36.4 Å². The number of carbonyl (C=O) groups is 2. The van der Waals surface area contributed by atoms with Crippen molar-refractivity contribution >= 4 is 41.4 Å². The Labute approximate surface area is 207 Å². The highest BCUT2D eigenvalue weighted by Gasteiger charge is 2.33. The smallest absolute Gasteiger partial charge is 0.227 e. The van der Waals surface area contributed by atoms with Crippen LogP contribution in [0.2, 0.25) is 5.02 Å². The molecule has 1 aliphatic carbocycles. The average Bonchev–Trinajstić information content (AvgIpc) is 3.25. The second-order valence-electron chi connectivity index (χ2n) is 9.57. The fraction of sp³-hybridized carbons (Fsp3) is 0.481. The van der Waals surface area contributed by atoms with E-state index in [-0.39, 0.29) is 24.2 Å². The molecule has 0 aromatic heterocycles. The summed E-state index contributed by atoms with van der Waals surface area (Å²) in [5.74, 6) is 1.33. The molecule has 3 aliphatic rings. The SMILES string of the molecule is Cl.O=C1CCc2cc(C(=O)[C@H]3CC[C@H](CNCCc4ccccc4Cl)CC3)cc3c2N1CC3. The minimum absolute atomic E-state index is 0. The number of halogens is 2. The van der Waals surface area contributed by atoms with Gasteiger partial charge in [-0.05, 0) is 98.8 Å². The second kappa shape index (κ2) is 10.6. The molecule has 2 heterocycles. The van der Waals surface area contributed by atoms with Crippen LogP contribution in [0.4, 0.5) is 5.69 Å². The first kappa shape index (κ1) is 24.3. The van der Waals surface area contributed by atoms with Crippen LogP contribution in [0, 0.1) is 11.8 Å². The number of anilines is 1. The monoisotopic (exact) mass is 486 g/mol. The molecule has 6 heteroatoms. The van der Waals surface area contributed by atoms with Crippen molar-refractivity contribution in [2.75, 3.05) is 24.5 Å². The fourth-order valence-corrected chi connectivity index (χ4v) is 5.93. The molecule has 1 saturated carbocycles. The molecule has 2 aromatic carbocycles. The molecule has 1 N–H and O–H groups in total. The third-order valence-corrected chi connectivity index (χ3v) is 7.88. The summed E-state index contributed by atoms with van der Waals surface area (Å²) < 4.78 is 0. The molecular formula is C27H32Cl2N2O2. The quantitative estimate of drug-likeness (QED) is 0.419. The van der Waals surface area contributed by atoms with Gasteiger partial charge in [0.25, 0.3) is 0 Å². The van der Waals surface area contributed by atoms with Crippen LogP contribution < -0.4 is 10.2 Å². The lowest BCUT2D eigenvalue weighted by molar-refractivity contribution is -0.118. The zero-order valence-electron chi connectivity index (χ0n) is 18.9. The number of nitrogens with zero attached hydrogens (tertiary/aromatic N) is 1. The Morgan fingerprint density at radius 3 is 2.52 bits per heavy atom. The maximum atomic E-state index is 13.3. The van der Waals surface area contributed by atoms with Gasteiger partial charge in [-0.3, -0.25) is 9.59 Å². The highest BCUT2D eigenvalue weighted by Crippen LogP contribution is 2.39. The Hall–Kier alpha value is -1.88. The Balaban J connectivity index is 0.00000259. The molecule has 5 rings (SSSR count). The van der Waals surface area contributed by atoms with Crippen molar-refractivity contribution < 1.29 is 9.59 Å². The first-order chi connectivity index (χ1) is 15.6. The third-order valence-electron chi connectivity index (χ3n) is 7.52. The number of carbonyl (C=O) groups excluding carboxylic acids is 2. The van der Waals surface area contributed by atoms with E-state index in [0.29, 0.717) is 18.1 Å². The van der Waals surface area contributed by atoms with Crippen molar-refractivity contribution in [1.29, 1.82) is 0 Å². The van der Waals surface area contributed by atoms with Gasteiger partial charge >= 0.3 is 0 Å². The predicted octanol–water partition coefficient (Wildman–Crippen LogP) is 5.42. The average molecular weight is 487 g/mol. The molecule has 0 unspecified atom stereocenters. The Bertz CT molecular complexity index is 1030. The zero-order chi connectivity index (χ0) is 22.1. The molecule has 176 valence electrons. The summed E-state index contributed by atoms with van der Waals surface area (Å²) in [6.45, 7) is 2.71. The standard InChI is InChI=1S/C27H31ClN2O2.ClH/c28-24-4-2-1-3-19(24)11-13-29-17-18-5-7-20(8-6-18)27(32)23-15-21-9-10-25(31)30-14-12-22(16-23)26(21)30;/h1-4,15-16,18,20,29H,5-14,17H2;1H/t18-,20-;. The number of ketones is 1. The Morgan fingerprint density at radius 1 is 1.03 bits per heavy atom. The summed E-state index contributed by atoms with van der Waals surface area (Å²) in [5, 5.41) is 4.43. The van der Waals surface area contributed by atoms with E-state index in [1.807, 2.05) is 23.1 Å². The number of hydrogen-bond donors (Lipinski definition) is 1. The van der Waals surface area contributed by atoms with Gasteiger partial charge in [0.1, 0.15) is 0 Å². The fourth-order valence-electron chi connectivity index (χ4n) is 5.69. The summed E-state index contributed by atoms with van der Waals surface area (Å²) in [6.07, 6.45) is 7.33. The van der Waals surface area contributed by atoms with Crippen LogP contribution >= 0.6 is 24.0 Å². The first-order valence-electron chi connectivity index (χ1n) is 12.0. The van der Waals surface area contributed by atoms with E-state index in [2.05, 4.69) is 23.5 Å². The highest BCUT2D eigenvalue weighted by molar-refractivity contribution is 6.31. The third kappa shape index (κ3) is 5.13. The minimum atomic E-state index is 0. The molecule has 0 bridgehead atoms. The van der Waals surface area contributed by atoms with Gasteiger partial charge in [-0.25, -0.2) is 0 Å². The van der Waals surface area contributed by atoms with Gasteiger partial charge in [0.2, 0.25) is 5.91 Å². The van der Waals surface area contributed by atoms with E-state index in [9.17, 15) is 9.59 Å². The summed E-state index contributed by atoms with van der Waals surface area (Å²) in [7, 11) is 0. The van der Waals surface area contributed by atoms with Crippen LogP contribution in [0.3, 0.4) is 0 Å². The lowest BCUT2D eigenvalue weighted by Gasteiger charge is -2.29. The maximum absolute atomic E-state index is 13.3. The largest absolute Gasteiger partial charge is 0.316 e. The van der Waals surface area contributed by atoms with Gasteiger partial charge in [-0.15, -0.1) is 12.4 Å². The van der Waals surface area contributed by atoms with Crippen molar-refractivity contribution in [2.45, 2.75) is 51.4 Å². The van der Waals surface area contributed by atoms with Gasteiger partial charge in [0.15, 0.2) is 5.78 Å². The number of amides is 1. The van der Waals surface area contributed by atoms with Crippen LogP contribution in [0.5, 0.6) is 0 Å². The number of aryl methyl sites for hydroxylation is 1. The van der Waals surface area contributed by atoms with Crippen molar-refractivity contribution in [3.05, 3.63) is 63.7 Å². The number of Topliss-reactive ketones (excluding diaryl/α,β-unsaturated/α-hetero) is 1. The number of nitrogens with one attached hydrogen (secondary N) is 1. The minimum Gasteiger partial charge on any atom is -0.316 e. The van der Waals surface area contributed by atoms with E-state index in [4.69, 9.17) is 11.6 Å².